The monoisotopic (exact) mass is 487 g/mol. The number of pyridine rings is 1. The van der Waals surface area contributed by atoms with Crippen molar-refractivity contribution < 1.29 is 9.18 Å². The molecule has 4 rings (SSSR count). The summed E-state index contributed by atoms with van der Waals surface area (Å²) in [5, 5.41) is 3.26. The SMILES string of the molecule is CCNC(=O)c1ccc(N2CCN(C3CCN(Cc4ccc(Cl)cc4F)CC3)C(CC)C2)nc1. The van der Waals surface area contributed by atoms with Gasteiger partial charge in [-0.3, -0.25) is 14.6 Å². The van der Waals surface area contributed by atoms with Crippen LogP contribution in [0.25, 0.3) is 0 Å². The molecule has 1 aromatic heterocycles. The molecule has 2 saturated heterocycles. The number of rotatable bonds is 7. The van der Waals surface area contributed by atoms with Gasteiger partial charge in [0.15, 0.2) is 0 Å². The van der Waals surface area contributed by atoms with E-state index >= 15 is 0 Å². The summed E-state index contributed by atoms with van der Waals surface area (Å²) in [7, 11) is 0. The molecule has 3 heterocycles. The zero-order chi connectivity index (χ0) is 24.1. The summed E-state index contributed by atoms with van der Waals surface area (Å²) in [6, 6.07) is 9.82. The fraction of sp³-hybridized carbons (Fsp3) is 0.538. The first-order chi connectivity index (χ1) is 16.5. The summed E-state index contributed by atoms with van der Waals surface area (Å²) in [4.78, 5) is 23.9. The van der Waals surface area contributed by atoms with Gasteiger partial charge in [0.2, 0.25) is 0 Å². The van der Waals surface area contributed by atoms with E-state index in [1.54, 1.807) is 18.3 Å². The van der Waals surface area contributed by atoms with Crippen LogP contribution in [0, 0.1) is 5.82 Å². The van der Waals surface area contributed by atoms with Gasteiger partial charge in [-0.15, -0.1) is 0 Å². The number of nitrogens with zero attached hydrogens (tertiary/aromatic N) is 4. The van der Waals surface area contributed by atoms with Gasteiger partial charge < -0.3 is 10.2 Å². The molecule has 0 bridgehead atoms. The molecule has 1 unspecified atom stereocenters. The standard InChI is InChI=1S/C26H35ClFN5O/c1-3-22-18-32(25-8-6-19(16-30-25)26(34)29-4-2)13-14-33(22)23-9-11-31(12-10-23)17-20-5-7-21(27)15-24(20)28/h5-8,15-16,22-23H,3-4,9-14,17-18H2,1-2H3,(H,29,34). The second-order valence-corrected chi connectivity index (χ2v) is 9.69. The number of nitrogens with one attached hydrogen (secondary N) is 1. The lowest BCUT2D eigenvalue weighted by atomic mass is 9.97. The summed E-state index contributed by atoms with van der Waals surface area (Å²) in [5.41, 5.74) is 1.31. The zero-order valence-corrected chi connectivity index (χ0v) is 20.9. The summed E-state index contributed by atoms with van der Waals surface area (Å²) >= 11 is 5.89. The molecule has 0 aliphatic carbocycles. The first-order valence-corrected chi connectivity index (χ1v) is 12.8. The van der Waals surface area contributed by atoms with E-state index in [0.29, 0.717) is 41.3 Å². The fourth-order valence-electron chi connectivity index (χ4n) is 5.19. The third-order valence-corrected chi connectivity index (χ3v) is 7.34. The Hall–Kier alpha value is -2.22. The van der Waals surface area contributed by atoms with E-state index in [1.165, 1.54) is 6.07 Å². The normalized spacial score (nSPS) is 20.5. The third kappa shape index (κ3) is 5.88. The van der Waals surface area contributed by atoms with Crippen LogP contribution in [0.5, 0.6) is 0 Å². The van der Waals surface area contributed by atoms with Gasteiger partial charge in [0, 0.05) is 61.6 Å². The van der Waals surface area contributed by atoms with E-state index < -0.39 is 0 Å². The minimum absolute atomic E-state index is 0.0806. The molecule has 0 radical (unpaired) electrons. The minimum atomic E-state index is -0.218. The van der Waals surface area contributed by atoms with Gasteiger partial charge in [-0.1, -0.05) is 24.6 Å². The van der Waals surface area contributed by atoms with Crippen molar-refractivity contribution in [2.24, 2.45) is 0 Å². The number of hydrogen-bond donors (Lipinski definition) is 1. The highest BCUT2D eigenvalue weighted by molar-refractivity contribution is 6.30. The van der Waals surface area contributed by atoms with E-state index in [9.17, 15) is 9.18 Å². The Morgan fingerprint density at radius 3 is 2.59 bits per heavy atom. The molecule has 2 aliphatic rings. The second-order valence-electron chi connectivity index (χ2n) is 9.25. The fourth-order valence-corrected chi connectivity index (χ4v) is 5.35. The van der Waals surface area contributed by atoms with Gasteiger partial charge in [0.05, 0.1) is 5.56 Å². The summed E-state index contributed by atoms with van der Waals surface area (Å²) in [6.45, 7) is 10.3. The molecular weight excluding hydrogens is 453 g/mol. The predicted octanol–water partition coefficient (Wildman–Crippen LogP) is 4.19. The molecule has 0 spiro atoms. The Labute approximate surface area is 207 Å². The minimum Gasteiger partial charge on any atom is -0.354 e. The smallest absolute Gasteiger partial charge is 0.252 e. The van der Waals surface area contributed by atoms with Crippen molar-refractivity contribution >= 4 is 23.3 Å². The van der Waals surface area contributed by atoms with Crippen molar-refractivity contribution in [2.45, 2.75) is 51.7 Å². The highest BCUT2D eigenvalue weighted by Gasteiger charge is 2.33. The van der Waals surface area contributed by atoms with Gasteiger partial charge in [0.25, 0.3) is 5.91 Å². The van der Waals surface area contributed by atoms with Crippen LogP contribution in [-0.4, -0.2) is 72.0 Å². The molecule has 2 aliphatic heterocycles. The lowest BCUT2D eigenvalue weighted by molar-refractivity contribution is 0.0607. The van der Waals surface area contributed by atoms with Crippen LogP contribution in [0.15, 0.2) is 36.5 Å². The van der Waals surface area contributed by atoms with Gasteiger partial charge in [-0.2, -0.15) is 0 Å². The molecule has 34 heavy (non-hydrogen) atoms. The number of hydrogen-bond acceptors (Lipinski definition) is 5. The summed E-state index contributed by atoms with van der Waals surface area (Å²) < 4.78 is 14.2. The molecule has 2 fully saturated rings. The van der Waals surface area contributed by atoms with Gasteiger partial charge >= 0.3 is 0 Å². The van der Waals surface area contributed by atoms with E-state index in [-0.39, 0.29) is 11.7 Å². The summed E-state index contributed by atoms with van der Waals surface area (Å²) in [5.74, 6) is 0.637. The number of amides is 1. The maximum Gasteiger partial charge on any atom is 0.252 e. The first-order valence-electron chi connectivity index (χ1n) is 12.4. The largest absolute Gasteiger partial charge is 0.354 e. The van der Waals surface area contributed by atoms with Crippen molar-refractivity contribution in [2.75, 3.05) is 44.2 Å². The van der Waals surface area contributed by atoms with Crippen LogP contribution >= 0.6 is 11.6 Å². The number of piperidine rings is 1. The van der Waals surface area contributed by atoms with E-state index in [1.807, 2.05) is 19.1 Å². The molecule has 1 amide bonds. The van der Waals surface area contributed by atoms with Gasteiger partial charge in [0.1, 0.15) is 11.6 Å². The number of benzene rings is 1. The van der Waals surface area contributed by atoms with E-state index in [4.69, 9.17) is 11.6 Å². The highest BCUT2D eigenvalue weighted by atomic mass is 35.5. The molecular formula is C26H35ClFN5O. The number of aromatic nitrogens is 1. The first kappa shape index (κ1) is 24.9. The lowest BCUT2D eigenvalue weighted by Gasteiger charge is -2.47. The molecule has 184 valence electrons. The van der Waals surface area contributed by atoms with Crippen molar-refractivity contribution in [1.82, 2.24) is 20.1 Å². The molecule has 0 saturated carbocycles. The van der Waals surface area contributed by atoms with Crippen molar-refractivity contribution in [3.63, 3.8) is 0 Å². The summed E-state index contributed by atoms with van der Waals surface area (Å²) in [6.07, 6.45) is 4.97. The van der Waals surface area contributed by atoms with Crippen LogP contribution in [0.2, 0.25) is 5.02 Å². The van der Waals surface area contributed by atoms with Crippen LogP contribution < -0.4 is 10.2 Å². The van der Waals surface area contributed by atoms with E-state index in [2.05, 4.69) is 31.9 Å². The molecule has 1 aromatic carbocycles. The Kier molecular flexibility index (Phi) is 8.40. The lowest BCUT2D eigenvalue weighted by Crippen LogP contribution is -2.58. The van der Waals surface area contributed by atoms with Crippen LogP contribution in [0.1, 0.15) is 49.0 Å². The maximum atomic E-state index is 14.2. The van der Waals surface area contributed by atoms with Crippen molar-refractivity contribution in [3.8, 4) is 0 Å². The number of anilines is 1. The van der Waals surface area contributed by atoms with Crippen LogP contribution in [0.4, 0.5) is 10.2 Å². The Morgan fingerprint density at radius 1 is 1.15 bits per heavy atom. The molecule has 1 atom stereocenters. The highest BCUT2D eigenvalue weighted by Crippen LogP contribution is 2.26. The number of halogens is 2. The average Bonchev–Trinajstić information content (AvgIpc) is 2.86. The van der Waals surface area contributed by atoms with E-state index in [0.717, 1.165) is 57.8 Å². The van der Waals surface area contributed by atoms with Crippen LogP contribution in [-0.2, 0) is 6.54 Å². The maximum absolute atomic E-state index is 14.2. The number of carbonyl (C=O) groups is 1. The second kappa shape index (κ2) is 11.5. The van der Waals surface area contributed by atoms with Crippen LogP contribution in [0.3, 0.4) is 0 Å². The van der Waals surface area contributed by atoms with Crippen molar-refractivity contribution in [3.05, 3.63) is 58.5 Å². The predicted molar refractivity (Wildman–Crippen MR) is 135 cm³/mol. The topological polar surface area (TPSA) is 51.7 Å². The van der Waals surface area contributed by atoms with Gasteiger partial charge in [-0.05, 0) is 63.5 Å². The zero-order valence-electron chi connectivity index (χ0n) is 20.1. The third-order valence-electron chi connectivity index (χ3n) is 7.11. The Balaban J connectivity index is 1.31. The van der Waals surface area contributed by atoms with Crippen molar-refractivity contribution in [1.29, 1.82) is 0 Å². The molecule has 1 N–H and O–H groups in total. The Morgan fingerprint density at radius 2 is 1.94 bits per heavy atom. The van der Waals surface area contributed by atoms with Gasteiger partial charge in [-0.25, -0.2) is 9.37 Å². The average molecular weight is 488 g/mol. The quantitative estimate of drug-likeness (QED) is 0.634. The molecule has 6 nitrogen and oxygen atoms in total. The number of likely N-dealkylation sites (tertiary alicyclic amines) is 1. The number of carbonyl (C=O) groups excluding carboxylic acids is 1. The molecule has 2 aromatic rings. The Bertz CT molecular complexity index is 964. The molecule has 8 heteroatoms. The number of piperazine rings is 1.